The average molecular weight is 457 g/mol. The van der Waals surface area contributed by atoms with Crippen LogP contribution in [-0.2, 0) is 14.9 Å². The van der Waals surface area contributed by atoms with Crippen molar-refractivity contribution in [3.05, 3.63) is 58.8 Å². The highest BCUT2D eigenvalue weighted by atomic mass is 16.5. The number of allylic oxidation sites excluding steroid dienone is 1. The number of unbranched alkanes of at least 4 members (excludes halogenated alkanes) is 2. The third kappa shape index (κ3) is 4.62. The fraction of sp³-hybridized carbons (Fsp3) is 0.467. The number of nitrogens with zero attached hydrogens (tertiary/aromatic N) is 2. The number of rotatable bonds is 10. The first-order valence-electron chi connectivity index (χ1n) is 12.9. The van der Waals surface area contributed by atoms with Crippen LogP contribution in [0.5, 0.6) is 0 Å². The van der Waals surface area contributed by atoms with E-state index in [-0.39, 0.29) is 11.2 Å². The Morgan fingerprint density at radius 2 is 1.65 bits per heavy atom. The summed E-state index contributed by atoms with van der Waals surface area (Å²) in [4.78, 5) is 13.3. The fourth-order valence-corrected chi connectivity index (χ4v) is 5.86. The summed E-state index contributed by atoms with van der Waals surface area (Å²) >= 11 is 0. The van der Waals surface area contributed by atoms with Crippen molar-refractivity contribution in [1.29, 1.82) is 5.26 Å². The number of anilines is 1. The van der Waals surface area contributed by atoms with E-state index >= 15 is 0 Å². The summed E-state index contributed by atoms with van der Waals surface area (Å²) in [7, 11) is 0. The van der Waals surface area contributed by atoms with Crippen LogP contribution in [0.4, 0.5) is 5.69 Å². The molecular formula is C30H36N2O2. The Bertz CT molecular complexity index is 1080. The lowest BCUT2D eigenvalue weighted by molar-refractivity contribution is -0.124. The van der Waals surface area contributed by atoms with E-state index in [1.165, 1.54) is 60.0 Å². The molecule has 0 saturated carbocycles. The van der Waals surface area contributed by atoms with E-state index in [1.807, 2.05) is 12.1 Å². The van der Waals surface area contributed by atoms with Gasteiger partial charge in [-0.15, -0.1) is 0 Å². The molecule has 0 N–H and O–H groups in total. The maximum atomic E-state index is 10.8. The van der Waals surface area contributed by atoms with Crippen molar-refractivity contribution in [3.8, 4) is 17.2 Å². The van der Waals surface area contributed by atoms with E-state index in [9.17, 15) is 10.1 Å². The second-order valence-corrected chi connectivity index (χ2v) is 9.71. The molecule has 0 radical (unpaired) electrons. The molecule has 1 aliphatic heterocycles. The number of hydrogen-bond donors (Lipinski definition) is 0. The van der Waals surface area contributed by atoms with Crippen LogP contribution in [0.15, 0.2) is 42.2 Å². The zero-order valence-corrected chi connectivity index (χ0v) is 20.6. The lowest BCUT2D eigenvalue weighted by Crippen LogP contribution is -2.30. The number of piperidine rings is 1. The minimum atomic E-state index is -0.0232. The van der Waals surface area contributed by atoms with Crippen molar-refractivity contribution in [2.24, 2.45) is 0 Å². The molecule has 0 atom stereocenters. The molecule has 4 heteroatoms. The molecule has 2 aromatic carbocycles. The van der Waals surface area contributed by atoms with Crippen LogP contribution in [0, 0.1) is 11.3 Å². The van der Waals surface area contributed by atoms with Gasteiger partial charge in [-0.25, -0.2) is 0 Å². The van der Waals surface area contributed by atoms with Gasteiger partial charge in [0.15, 0.2) is 0 Å². The Balaban J connectivity index is 1.85. The molecule has 2 aliphatic rings. The topological polar surface area (TPSA) is 53.3 Å². The molecule has 0 spiro atoms. The van der Waals surface area contributed by atoms with Crippen molar-refractivity contribution in [2.75, 3.05) is 18.0 Å². The summed E-state index contributed by atoms with van der Waals surface area (Å²) in [6, 6.07) is 15.6. The Labute approximate surface area is 204 Å². The largest absolute Gasteiger partial charge is 0.417 e. The van der Waals surface area contributed by atoms with Gasteiger partial charge in [-0.1, -0.05) is 63.8 Å². The van der Waals surface area contributed by atoms with Crippen LogP contribution in [-0.4, -0.2) is 19.6 Å². The fourth-order valence-electron chi connectivity index (χ4n) is 5.86. The molecule has 4 rings (SSSR count). The van der Waals surface area contributed by atoms with Crippen molar-refractivity contribution in [3.63, 3.8) is 0 Å². The SMILES string of the molecule is CCCCC1(CCCC)c2cc(C=C(C#N)OC=O)ccc2-c2ccc(N3CCCCC3)cc21. The van der Waals surface area contributed by atoms with Gasteiger partial charge in [0.25, 0.3) is 6.47 Å². The smallest absolute Gasteiger partial charge is 0.299 e. The summed E-state index contributed by atoms with van der Waals surface area (Å²) in [6.07, 6.45) is 12.5. The summed E-state index contributed by atoms with van der Waals surface area (Å²) < 4.78 is 4.85. The first-order chi connectivity index (χ1) is 16.7. The van der Waals surface area contributed by atoms with Crippen LogP contribution in [0.25, 0.3) is 17.2 Å². The van der Waals surface area contributed by atoms with Crippen LogP contribution >= 0.6 is 0 Å². The van der Waals surface area contributed by atoms with Crippen LogP contribution in [0.2, 0.25) is 0 Å². The highest BCUT2D eigenvalue weighted by Crippen LogP contribution is 2.55. The maximum absolute atomic E-state index is 10.8. The quantitative estimate of drug-likeness (QED) is 0.213. The van der Waals surface area contributed by atoms with Crippen LogP contribution < -0.4 is 4.90 Å². The van der Waals surface area contributed by atoms with Gasteiger partial charge in [0, 0.05) is 24.2 Å². The molecule has 0 aromatic heterocycles. The Morgan fingerprint density at radius 1 is 1.00 bits per heavy atom. The second kappa shape index (κ2) is 10.9. The summed E-state index contributed by atoms with van der Waals surface area (Å²) in [5.74, 6) is 0.0190. The molecule has 0 bridgehead atoms. The molecule has 0 amide bonds. The summed E-state index contributed by atoms with van der Waals surface area (Å²) in [5.41, 5.74) is 7.72. The van der Waals surface area contributed by atoms with Crippen molar-refractivity contribution in [1.82, 2.24) is 0 Å². The predicted molar refractivity (Wildman–Crippen MR) is 139 cm³/mol. The van der Waals surface area contributed by atoms with Gasteiger partial charge in [-0.3, -0.25) is 4.79 Å². The number of hydrogen-bond acceptors (Lipinski definition) is 4. The van der Waals surface area contributed by atoms with Gasteiger partial charge < -0.3 is 9.64 Å². The molecule has 2 aromatic rings. The van der Waals surface area contributed by atoms with Gasteiger partial charge in [0.05, 0.1) is 0 Å². The standard InChI is InChI=1S/C30H36N2O2/c1-3-5-14-30(15-6-4-2)28-19-23(18-25(21-31)34-22-33)10-12-26(28)27-13-11-24(20-29(27)30)32-16-8-7-9-17-32/h10-13,18-20,22H,3-9,14-17H2,1-2H3. The second-order valence-electron chi connectivity index (χ2n) is 9.71. The number of fused-ring (bicyclic) bond motifs is 3. The average Bonchev–Trinajstić information content (AvgIpc) is 3.15. The van der Waals surface area contributed by atoms with Crippen LogP contribution in [0.3, 0.4) is 0 Å². The maximum Gasteiger partial charge on any atom is 0.299 e. The van der Waals surface area contributed by atoms with Crippen molar-refractivity contribution < 1.29 is 9.53 Å². The number of ether oxygens (including phenoxy) is 1. The zero-order chi connectivity index (χ0) is 24.0. The first-order valence-corrected chi connectivity index (χ1v) is 12.9. The van der Waals surface area contributed by atoms with Gasteiger partial charge in [-0.05, 0) is 78.1 Å². The normalized spacial score (nSPS) is 16.5. The van der Waals surface area contributed by atoms with E-state index in [1.54, 1.807) is 6.08 Å². The lowest BCUT2D eigenvalue weighted by Gasteiger charge is -2.34. The molecule has 1 saturated heterocycles. The summed E-state index contributed by atoms with van der Waals surface area (Å²) in [6.45, 7) is 7.14. The van der Waals surface area contributed by atoms with E-state index in [2.05, 4.69) is 49.1 Å². The van der Waals surface area contributed by atoms with Crippen molar-refractivity contribution >= 4 is 18.2 Å². The molecular weight excluding hydrogens is 420 g/mol. The van der Waals surface area contributed by atoms with E-state index in [0.29, 0.717) is 6.47 Å². The van der Waals surface area contributed by atoms with Crippen LogP contribution in [0.1, 0.15) is 88.3 Å². The highest BCUT2D eigenvalue weighted by molar-refractivity contribution is 5.84. The third-order valence-electron chi connectivity index (χ3n) is 7.59. The summed E-state index contributed by atoms with van der Waals surface area (Å²) in [5, 5.41) is 9.34. The molecule has 178 valence electrons. The minimum absolute atomic E-state index is 0.0190. The monoisotopic (exact) mass is 456 g/mol. The van der Waals surface area contributed by atoms with Gasteiger partial charge in [-0.2, -0.15) is 5.26 Å². The van der Waals surface area contributed by atoms with Gasteiger partial charge in [0.2, 0.25) is 5.76 Å². The van der Waals surface area contributed by atoms with E-state index < -0.39 is 0 Å². The molecule has 4 nitrogen and oxygen atoms in total. The number of carbonyl (C=O) groups is 1. The Kier molecular flexibility index (Phi) is 7.73. The molecule has 34 heavy (non-hydrogen) atoms. The number of carbonyl (C=O) groups excluding carboxylic acids is 1. The van der Waals surface area contributed by atoms with Gasteiger partial charge in [0.1, 0.15) is 6.07 Å². The molecule has 1 heterocycles. The van der Waals surface area contributed by atoms with E-state index in [4.69, 9.17) is 4.74 Å². The molecule has 1 fully saturated rings. The van der Waals surface area contributed by atoms with E-state index in [0.717, 1.165) is 44.3 Å². The minimum Gasteiger partial charge on any atom is -0.417 e. The van der Waals surface area contributed by atoms with Crippen molar-refractivity contribution in [2.45, 2.75) is 77.0 Å². The lowest BCUT2D eigenvalue weighted by atomic mass is 9.70. The first kappa shape index (κ1) is 24.1. The van der Waals surface area contributed by atoms with Gasteiger partial charge >= 0.3 is 0 Å². The number of benzene rings is 2. The Morgan fingerprint density at radius 3 is 2.26 bits per heavy atom. The molecule has 0 unspecified atom stereocenters. The third-order valence-corrected chi connectivity index (χ3v) is 7.59. The number of nitriles is 1. The predicted octanol–water partition coefficient (Wildman–Crippen LogP) is 7.36. The zero-order valence-electron chi connectivity index (χ0n) is 20.6. The highest BCUT2D eigenvalue weighted by Gasteiger charge is 2.42. The molecule has 1 aliphatic carbocycles. The Hall–Kier alpha value is -3.06.